The van der Waals surface area contributed by atoms with Gasteiger partial charge in [-0.3, -0.25) is 0 Å². The van der Waals surface area contributed by atoms with Gasteiger partial charge in [0.25, 0.3) is 0 Å². The molecule has 2 heteroatoms. The van der Waals surface area contributed by atoms with Gasteiger partial charge in [0.05, 0.1) is 0 Å². The number of fused-ring (bicyclic) bond motifs is 1. The highest BCUT2D eigenvalue weighted by Crippen LogP contribution is 2.26. The molecule has 1 aromatic rings. The summed E-state index contributed by atoms with van der Waals surface area (Å²) in [6, 6.07) is 6.78. The fourth-order valence-electron chi connectivity index (χ4n) is 2.24. The molecular formula is C14H20N2. The zero-order chi connectivity index (χ0) is 11.5. The minimum Gasteiger partial charge on any atom is -0.329 e. The van der Waals surface area contributed by atoms with Crippen molar-refractivity contribution in [2.75, 3.05) is 6.54 Å². The van der Waals surface area contributed by atoms with E-state index in [1.54, 1.807) is 0 Å². The summed E-state index contributed by atoms with van der Waals surface area (Å²) in [7, 11) is 0. The Bertz CT molecular complexity index is 407. The van der Waals surface area contributed by atoms with E-state index in [2.05, 4.69) is 31.2 Å². The first-order valence-corrected chi connectivity index (χ1v) is 5.93. The lowest BCUT2D eigenvalue weighted by molar-refractivity contribution is 0.656. The lowest BCUT2D eigenvalue weighted by Gasteiger charge is -2.19. The van der Waals surface area contributed by atoms with E-state index in [1.165, 1.54) is 22.3 Å². The molecule has 1 aliphatic carbocycles. The molecule has 1 aliphatic rings. The second kappa shape index (κ2) is 4.81. The van der Waals surface area contributed by atoms with E-state index < -0.39 is 0 Å². The molecule has 0 fully saturated rings. The Morgan fingerprint density at radius 2 is 2.12 bits per heavy atom. The number of hydrogen-bond donors (Lipinski definition) is 2. The molecule has 0 saturated carbocycles. The lowest BCUT2D eigenvalue weighted by Crippen LogP contribution is -2.30. The van der Waals surface area contributed by atoms with Gasteiger partial charge in [-0.05, 0) is 37.3 Å². The van der Waals surface area contributed by atoms with E-state index in [9.17, 15) is 0 Å². The maximum atomic E-state index is 5.89. The van der Waals surface area contributed by atoms with Crippen molar-refractivity contribution < 1.29 is 0 Å². The van der Waals surface area contributed by atoms with Crippen LogP contribution in [0.1, 0.15) is 29.5 Å². The number of aryl methyl sites for hydroxylation is 2. The van der Waals surface area contributed by atoms with Crippen LogP contribution in [0.5, 0.6) is 0 Å². The van der Waals surface area contributed by atoms with Crippen LogP contribution in [0.2, 0.25) is 0 Å². The maximum Gasteiger partial charge on any atom is 0.0200 e. The minimum atomic E-state index is 0.109. The molecule has 0 aliphatic heterocycles. The Balaban J connectivity index is 2.20. The van der Waals surface area contributed by atoms with E-state index in [1.807, 2.05) is 0 Å². The van der Waals surface area contributed by atoms with Crippen molar-refractivity contribution in [1.29, 1.82) is 0 Å². The van der Waals surface area contributed by atoms with E-state index in [4.69, 9.17) is 11.5 Å². The highest BCUT2D eigenvalue weighted by Gasteiger charge is 2.12. The van der Waals surface area contributed by atoms with Crippen molar-refractivity contribution in [3.05, 3.63) is 40.5 Å². The molecule has 1 unspecified atom stereocenters. The molecule has 4 N–H and O–H groups in total. The third-order valence-corrected chi connectivity index (χ3v) is 3.20. The average molecular weight is 216 g/mol. The van der Waals surface area contributed by atoms with Crippen LogP contribution < -0.4 is 11.5 Å². The fraction of sp³-hybridized carbons (Fsp3) is 0.429. The van der Waals surface area contributed by atoms with Crippen LogP contribution in [0, 0.1) is 6.92 Å². The fourth-order valence-corrected chi connectivity index (χ4v) is 2.24. The summed E-state index contributed by atoms with van der Waals surface area (Å²) < 4.78 is 0. The predicted octanol–water partition coefficient (Wildman–Crippen LogP) is 2.00. The van der Waals surface area contributed by atoms with Gasteiger partial charge in [-0.1, -0.05) is 35.4 Å². The quantitative estimate of drug-likeness (QED) is 0.812. The Morgan fingerprint density at radius 1 is 1.31 bits per heavy atom. The first-order valence-electron chi connectivity index (χ1n) is 5.93. The number of nitrogens with two attached hydrogens (primary N) is 2. The second-order valence-corrected chi connectivity index (χ2v) is 4.70. The topological polar surface area (TPSA) is 52.0 Å². The largest absolute Gasteiger partial charge is 0.329 e. The SMILES string of the molecule is Cc1ccc2c(c1)C=C(CC(N)CN)CC2. The van der Waals surface area contributed by atoms with Gasteiger partial charge < -0.3 is 11.5 Å². The third-order valence-electron chi connectivity index (χ3n) is 3.20. The standard InChI is InChI=1S/C14H20N2/c1-10-2-4-12-5-3-11(7-13(12)6-10)8-14(16)9-15/h2,4,6-7,14H,3,5,8-9,15-16H2,1H3. The molecule has 0 spiro atoms. The molecule has 0 heterocycles. The van der Waals surface area contributed by atoms with Crippen LogP contribution in [0.25, 0.3) is 6.08 Å². The van der Waals surface area contributed by atoms with Crippen molar-refractivity contribution in [2.24, 2.45) is 11.5 Å². The Morgan fingerprint density at radius 3 is 2.88 bits per heavy atom. The van der Waals surface area contributed by atoms with Crippen LogP contribution in [0.3, 0.4) is 0 Å². The molecule has 2 rings (SSSR count). The molecule has 2 nitrogen and oxygen atoms in total. The number of hydrogen-bond acceptors (Lipinski definition) is 2. The molecule has 0 saturated heterocycles. The molecule has 16 heavy (non-hydrogen) atoms. The number of rotatable bonds is 3. The van der Waals surface area contributed by atoms with E-state index in [0.29, 0.717) is 6.54 Å². The summed E-state index contributed by atoms with van der Waals surface area (Å²) in [4.78, 5) is 0. The van der Waals surface area contributed by atoms with Crippen LogP contribution in [-0.4, -0.2) is 12.6 Å². The van der Waals surface area contributed by atoms with E-state index in [-0.39, 0.29) is 6.04 Å². The molecule has 0 aromatic heterocycles. The van der Waals surface area contributed by atoms with Crippen LogP contribution in [-0.2, 0) is 6.42 Å². The van der Waals surface area contributed by atoms with Crippen molar-refractivity contribution >= 4 is 6.08 Å². The van der Waals surface area contributed by atoms with Crippen LogP contribution in [0.4, 0.5) is 0 Å². The zero-order valence-electron chi connectivity index (χ0n) is 9.87. The summed E-state index contributed by atoms with van der Waals surface area (Å²) in [6.45, 7) is 2.70. The van der Waals surface area contributed by atoms with Crippen LogP contribution >= 0.6 is 0 Å². The van der Waals surface area contributed by atoms with Gasteiger partial charge in [-0.25, -0.2) is 0 Å². The summed E-state index contributed by atoms with van der Waals surface area (Å²) in [5.74, 6) is 0. The summed E-state index contributed by atoms with van der Waals surface area (Å²) in [6.07, 6.45) is 5.49. The van der Waals surface area contributed by atoms with Crippen molar-refractivity contribution in [1.82, 2.24) is 0 Å². The Labute approximate surface area is 97.3 Å². The predicted molar refractivity (Wildman–Crippen MR) is 69.1 cm³/mol. The normalized spacial score (nSPS) is 16.6. The van der Waals surface area contributed by atoms with Gasteiger partial charge in [0.2, 0.25) is 0 Å². The van der Waals surface area contributed by atoms with E-state index in [0.717, 1.165) is 19.3 Å². The maximum absolute atomic E-state index is 5.89. The third kappa shape index (κ3) is 2.52. The van der Waals surface area contributed by atoms with Crippen molar-refractivity contribution in [2.45, 2.75) is 32.2 Å². The molecule has 0 amide bonds. The molecule has 1 aromatic carbocycles. The van der Waals surface area contributed by atoms with Gasteiger partial charge >= 0.3 is 0 Å². The Hall–Kier alpha value is -1.12. The summed E-state index contributed by atoms with van der Waals surface area (Å²) in [5, 5.41) is 0. The van der Waals surface area contributed by atoms with E-state index >= 15 is 0 Å². The van der Waals surface area contributed by atoms with Crippen LogP contribution in [0.15, 0.2) is 23.8 Å². The first kappa shape index (κ1) is 11.4. The minimum absolute atomic E-state index is 0.109. The first-order chi connectivity index (χ1) is 7.69. The molecule has 86 valence electrons. The smallest absolute Gasteiger partial charge is 0.0200 e. The lowest BCUT2D eigenvalue weighted by atomic mass is 9.88. The molecular weight excluding hydrogens is 196 g/mol. The molecule has 0 radical (unpaired) electrons. The highest BCUT2D eigenvalue weighted by atomic mass is 14.7. The van der Waals surface area contributed by atoms with Gasteiger partial charge in [0.1, 0.15) is 0 Å². The second-order valence-electron chi connectivity index (χ2n) is 4.70. The van der Waals surface area contributed by atoms with Gasteiger partial charge in [0.15, 0.2) is 0 Å². The molecule has 0 bridgehead atoms. The summed E-state index contributed by atoms with van der Waals surface area (Å²) >= 11 is 0. The van der Waals surface area contributed by atoms with Gasteiger partial charge in [-0.15, -0.1) is 0 Å². The van der Waals surface area contributed by atoms with Crippen molar-refractivity contribution in [3.63, 3.8) is 0 Å². The van der Waals surface area contributed by atoms with Gasteiger partial charge in [0, 0.05) is 12.6 Å². The zero-order valence-corrected chi connectivity index (χ0v) is 9.87. The van der Waals surface area contributed by atoms with Crippen molar-refractivity contribution in [3.8, 4) is 0 Å². The molecule has 1 atom stereocenters. The number of benzene rings is 1. The monoisotopic (exact) mass is 216 g/mol. The highest BCUT2D eigenvalue weighted by molar-refractivity contribution is 5.60. The Kier molecular flexibility index (Phi) is 3.42. The summed E-state index contributed by atoms with van der Waals surface area (Å²) in [5.41, 5.74) is 17.0. The van der Waals surface area contributed by atoms with Gasteiger partial charge in [-0.2, -0.15) is 0 Å². The average Bonchev–Trinajstić information content (AvgIpc) is 2.28.